The first kappa shape index (κ1) is 19.3. The smallest absolute Gasteiger partial charge is 0.261 e. The largest absolute Gasteiger partial charge is 0.317 e. The summed E-state index contributed by atoms with van der Waals surface area (Å²) in [6.07, 6.45) is 1.97. The van der Waals surface area contributed by atoms with Crippen molar-refractivity contribution in [2.45, 2.75) is 11.9 Å². The van der Waals surface area contributed by atoms with Crippen LogP contribution in [0.3, 0.4) is 0 Å². The summed E-state index contributed by atoms with van der Waals surface area (Å²) in [6, 6.07) is 25.8. The molecule has 3 aromatic carbocycles. The molecule has 0 radical (unpaired) electrons. The van der Waals surface area contributed by atoms with E-state index >= 15 is 0 Å². The fourth-order valence-corrected chi connectivity index (χ4v) is 4.74. The Kier molecular flexibility index (Phi) is 5.90. The van der Waals surface area contributed by atoms with Crippen molar-refractivity contribution >= 4 is 51.3 Å². The number of amides is 1. The highest BCUT2D eigenvalue weighted by molar-refractivity contribution is 9.10. The van der Waals surface area contributed by atoms with Crippen molar-refractivity contribution in [1.29, 1.82) is 0 Å². The van der Waals surface area contributed by atoms with Crippen LogP contribution >= 0.6 is 39.3 Å². The summed E-state index contributed by atoms with van der Waals surface area (Å²) in [7, 11) is 0. The van der Waals surface area contributed by atoms with Crippen LogP contribution in [0, 0.1) is 0 Å². The molecule has 0 aliphatic carbocycles. The van der Waals surface area contributed by atoms with Gasteiger partial charge < -0.3 is 4.90 Å². The Hall–Kier alpha value is -2.01. The van der Waals surface area contributed by atoms with E-state index in [1.54, 1.807) is 11.8 Å². The molecule has 28 heavy (non-hydrogen) atoms. The second kappa shape index (κ2) is 8.56. The van der Waals surface area contributed by atoms with E-state index < -0.39 is 0 Å². The van der Waals surface area contributed by atoms with Gasteiger partial charge in [0.2, 0.25) is 0 Å². The zero-order chi connectivity index (χ0) is 19.5. The molecule has 0 N–H and O–H groups in total. The number of hydrogen-bond acceptors (Lipinski definition) is 2. The Labute approximate surface area is 182 Å². The molecule has 0 spiro atoms. The third kappa shape index (κ3) is 4.35. The highest BCUT2D eigenvalue weighted by Crippen LogP contribution is 2.47. The molecule has 1 atom stereocenters. The van der Waals surface area contributed by atoms with Crippen molar-refractivity contribution in [3.05, 3.63) is 110 Å². The van der Waals surface area contributed by atoms with E-state index in [2.05, 4.69) is 15.9 Å². The first-order valence-electron chi connectivity index (χ1n) is 8.84. The van der Waals surface area contributed by atoms with Crippen molar-refractivity contribution in [3.8, 4) is 0 Å². The van der Waals surface area contributed by atoms with Gasteiger partial charge in [0.1, 0.15) is 5.37 Å². The molecule has 1 aliphatic heterocycles. The number of carbonyl (C=O) groups is 1. The number of nitrogens with zero attached hydrogens (tertiary/aromatic N) is 1. The summed E-state index contributed by atoms with van der Waals surface area (Å²) >= 11 is 11.1. The normalized spacial score (nSPS) is 18.1. The number of halogens is 2. The maximum absolute atomic E-state index is 13.2. The second-order valence-electron chi connectivity index (χ2n) is 6.50. The van der Waals surface area contributed by atoms with Crippen molar-refractivity contribution in [1.82, 2.24) is 4.90 Å². The Morgan fingerprint density at radius 2 is 1.64 bits per heavy atom. The van der Waals surface area contributed by atoms with Gasteiger partial charge in [-0.25, -0.2) is 0 Å². The maximum Gasteiger partial charge on any atom is 0.261 e. The van der Waals surface area contributed by atoms with Crippen LogP contribution in [-0.2, 0) is 11.3 Å². The molecule has 2 nitrogen and oxygen atoms in total. The molecule has 4 rings (SSSR count). The second-order valence-corrected chi connectivity index (χ2v) is 8.97. The summed E-state index contributed by atoms with van der Waals surface area (Å²) in [6.45, 7) is 0.567. The van der Waals surface area contributed by atoms with Gasteiger partial charge in [-0.3, -0.25) is 4.79 Å². The third-order valence-electron chi connectivity index (χ3n) is 4.51. The van der Waals surface area contributed by atoms with Gasteiger partial charge in [0.15, 0.2) is 0 Å². The first-order valence-corrected chi connectivity index (χ1v) is 10.9. The highest BCUT2D eigenvalue weighted by Gasteiger charge is 2.37. The molecule has 0 unspecified atom stereocenters. The SMILES string of the molecule is O=C1/C(=C/c2ccc(Br)cc2)S[C@@H](c2ccc(Cl)cc2)N1Cc1ccccc1. The molecule has 0 saturated carbocycles. The molecular weight excluding hydrogens is 454 g/mol. The number of thioether (sulfide) groups is 1. The molecule has 1 amide bonds. The fraction of sp³-hybridized carbons (Fsp3) is 0.0870. The van der Waals surface area contributed by atoms with E-state index in [9.17, 15) is 4.79 Å². The summed E-state index contributed by atoms with van der Waals surface area (Å²) in [5.74, 6) is 0.0525. The van der Waals surface area contributed by atoms with Crippen LogP contribution in [0.25, 0.3) is 6.08 Å². The predicted molar refractivity (Wildman–Crippen MR) is 121 cm³/mol. The van der Waals surface area contributed by atoms with E-state index in [0.717, 1.165) is 26.1 Å². The Balaban J connectivity index is 1.68. The molecule has 5 heteroatoms. The van der Waals surface area contributed by atoms with Gasteiger partial charge in [-0.2, -0.15) is 0 Å². The number of rotatable bonds is 4. The van der Waals surface area contributed by atoms with Gasteiger partial charge in [-0.15, -0.1) is 0 Å². The lowest BCUT2D eigenvalue weighted by Gasteiger charge is -2.23. The van der Waals surface area contributed by atoms with Crippen LogP contribution in [0.15, 0.2) is 88.2 Å². The molecule has 3 aromatic rings. The van der Waals surface area contributed by atoms with E-state index in [0.29, 0.717) is 11.6 Å². The quantitative estimate of drug-likeness (QED) is 0.386. The Bertz CT molecular complexity index is 1000. The molecule has 1 fully saturated rings. The molecule has 0 aromatic heterocycles. The Morgan fingerprint density at radius 3 is 2.32 bits per heavy atom. The van der Waals surface area contributed by atoms with Crippen molar-refractivity contribution in [2.24, 2.45) is 0 Å². The average molecular weight is 471 g/mol. The minimum atomic E-state index is -0.0772. The number of hydrogen-bond donors (Lipinski definition) is 0. The molecule has 1 saturated heterocycles. The van der Waals surface area contributed by atoms with Crippen molar-refractivity contribution in [3.63, 3.8) is 0 Å². The summed E-state index contributed by atoms with van der Waals surface area (Å²) in [4.78, 5) is 15.9. The van der Waals surface area contributed by atoms with Crippen LogP contribution in [0.2, 0.25) is 5.02 Å². The lowest BCUT2D eigenvalue weighted by atomic mass is 10.1. The van der Waals surface area contributed by atoms with E-state index in [4.69, 9.17) is 11.6 Å². The zero-order valence-electron chi connectivity index (χ0n) is 14.9. The number of carbonyl (C=O) groups excluding carboxylic acids is 1. The van der Waals surface area contributed by atoms with Crippen molar-refractivity contribution in [2.75, 3.05) is 0 Å². The van der Waals surface area contributed by atoms with Gasteiger partial charge in [0.05, 0.1) is 4.91 Å². The van der Waals surface area contributed by atoms with E-state index in [1.807, 2.05) is 89.8 Å². The van der Waals surface area contributed by atoms with Crippen molar-refractivity contribution < 1.29 is 4.79 Å². The molecule has 1 aliphatic rings. The maximum atomic E-state index is 13.2. The summed E-state index contributed by atoms with van der Waals surface area (Å²) in [5.41, 5.74) is 3.19. The van der Waals surface area contributed by atoms with Gasteiger partial charge >= 0.3 is 0 Å². The minimum Gasteiger partial charge on any atom is -0.317 e. The van der Waals surface area contributed by atoms with Gasteiger partial charge in [0.25, 0.3) is 5.91 Å². The monoisotopic (exact) mass is 469 g/mol. The van der Waals surface area contributed by atoms with E-state index in [1.165, 1.54) is 0 Å². The van der Waals surface area contributed by atoms with E-state index in [-0.39, 0.29) is 11.3 Å². The van der Waals surface area contributed by atoms with Gasteiger partial charge in [-0.1, -0.05) is 93.9 Å². The van der Waals surface area contributed by atoms with Crippen LogP contribution in [-0.4, -0.2) is 10.8 Å². The van der Waals surface area contributed by atoms with Gasteiger partial charge in [0, 0.05) is 16.0 Å². The number of benzene rings is 3. The molecule has 0 bridgehead atoms. The topological polar surface area (TPSA) is 20.3 Å². The standard InChI is InChI=1S/C23H17BrClNOS/c24-19-10-6-16(7-11-19)14-21-22(27)26(15-17-4-2-1-3-5-17)23(28-21)18-8-12-20(25)13-9-18/h1-14,23H,15H2/b21-14-/t23-/m0/s1. The highest BCUT2D eigenvalue weighted by atomic mass is 79.9. The molecule has 1 heterocycles. The zero-order valence-corrected chi connectivity index (χ0v) is 18.0. The first-order chi connectivity index (χ1) is 13.6. The minimum absolute atomic E-state index is 0.0525. The average Bonchev–Trinajstić information content (AvgIpc) is 3.01. The summed E-state index contributed by atoms with van der Waals surface area (Å²) < 4.78 is 1.02. The van der Waals surface area contributed by atoms with Crippen LogP contribution in [0.4, 0.5) is 0 Å². The Morgan fingerprint density at radius 1 is 0.964 bits per heavy atom. The predicted octanol–water partition coefficient (Wildman–Crippen LogP) is 6.92. The van der Waals surface area contributed by atoms with Crippen LogP contribution in [0.5, 0.6) is 0 Å². The third-order valence-corrected chi connectivity index (χ3v) is 6.59. The van der Waals surface area contributed by atoms with Gasteiger partial charge in [-0.05, 0) is 47.0 Å². The summed E-state index contributed by atoms with van der Waals surface area (Å²) in [5, 5.41) is 0.616. The lowest BCUT2D eigenvalue weighted by molar-refractivity contribution is -0.126. The van der Waals surface area contributed by atoms with Crippen LogP contribution < -0.4 is 0 Å². The molecular formula is C23H17BrClNOS. The molecule has 140 valence electrons. The fourth-order valence-electron chi connectivity index (χ4n) is 3.10. The lowest BCUT2D eigenvalue weighted by Crippen LogP contribution is -2.27. The van der Waals surface area contributed by atoms with Crippen LogP contribution in [0.1, 0.15) is 22.1 Å².